The third-order valence-corrected chi connectivity index (χ3v) is 0.126. The number of amides is 1. The van der Waals surface area contributed by atoms with Gasteiger partial charge in [-0.05, 0) is 4.53 Å². The molecule has 0 saturated carbocycles. The van der Waals surface area contributed by atoms with Gasteiger partial charge in [-0.1, -0.05) is 5.04 Å². The molecule has 0 spiro atoms. The predicted molar refractivity (Wildman–Crippen MR) is 13.4 cm³/mol. The van der Waals surface area contributed by atoms with Crippen molar-refractivity contribution in [2.24, 2.45) is 0 Å². The summed E-state index contributed by atoms with van der Waals surface area (Å²) < 4.78 is 10.3. The van der Waals surface area contributed by atoms with Gasteiger partial charge in [0.05, 0.1) is 0 Å². The van der Waals surface area contributed by atoms with E-state index in [-0.39, 0.29) is 0 Å². The Hall–Kier alpha value is -0.840. The van der Waals surface area contributed by atoms with E-state index < -0.39 is 6.09 Å². The van der Waals surface area contributed by atoms with E-state index in [9.17, 15) is 4.53 Å². The van der Waals surface area contributed by atoms with Crippen molar-refractivity contribution in [2.75, 3.05) is 0 Å². The second kappa shape index (κ2) is 2.40. The summed E-state index contributed by atoms with van der Waals surface area (Å²) in [5, 5.41) is 9.89. The highest BCUT2D eigenvalue weighted by Gasteiger charge is 1.87. The Labute approximate surface area is 32.4 Å². The molecule has 6 heavy (non-hydrogen) atoms. The van der Waals surface area contributed by atoms with Gasteiger partial charge in [-0.3, -0.25) is 0 Å². The number of hydrogen-bond acceptors (Lipinski definition) is 2. The van der Waals surface area contributed by atoms with Gasteiger partial charge >= 0.3 is 6.09 Å². The lowest BCUT2D eigenvalue weighted by Gasteiger charge is -1.82. The number of nitrogens with one attached hydrogen (secondary N) is 1. The SMILES string of the molecule is O=C(O)NOF. The maximum absolute atomic E-state index is 10.3. The first kappa shape index (κ1) is 5.16. The molecule has 0 aromatic rings. The monoisotopic (exact) mass is 95.0 g/mol. The summed E-state index contributed by atoms with van der Waals surface area (Å²) in [5.41, 5.74) is 0.958. The van der Waals surface area contributed by atoms with Crippen molar-refractivity contribution in [3.63, 3.8) is 0 Å². The lowest BCUT2D eigenvalue weighted by Crippen LogP contribution is -2.16. The van der Waals surface area contributed by atoms with E-state index in [2.05, 4.69) is 5.04 Å². The number of rotatable bonds is 1. The van der Waals surface area contributed by atoms with Crippen molar-refractivity contribution in [3.05, 3.63) is 0 Å². The first-order chi connectivity index (χ1) is 2.77. The largest absolute Gasteiger partial charge is 0.463 e. The lowest BCUT2D eigenvalue weighted by atomic mass is 11.3. The summed E-state index contributed by atoms with van der Waals surface area (Å²) in [6, 6.07) is 0. The minimum atomic E-state index is -1.56. The molecule has 0 fully saturated rings. The van der Waals surface area contributed by atoms with Gasteiger partial charge in [0.2, 0.25) is 0 Å². The number of carbonyl (C=O) groups is 1. The van der Waals surface area contributed by atoms with Crippen LogP contribution in [0.15, 0.2) is 0 Å². The summed E-state index contributed by atoms with van der Waals surface area (Å²) in [7, 11) is 0. The molecule has 0 aliphatic carbocycles. The summed E-state index contributed by atoms with van der Waals surface area (Å²) in [6.07, 6.45) is -1.56. The molecule has 4 nitrogen and oxygen atoms in total. The van der Waals surface area contributed by atoms with Crippen molar-refractivity contribution in [3.8, 4) is 0 Å². The second-order valence-corrected chi connectivity index (χ2v) is 0.484. The number of hydroxylamine groups is 1. The van der Waals surface area contributed by atoms with Gasteiger partial charge in [0.15, 0.2) is 0 Å². The van der Waals surface area contributed by atoms with Crippen molar-refractivity contribution in [2.45, 2.75) is 0 Å². The van der Waals surface area contributed by atoms with Gasteiger partial charge < -0.3 is 5.11 Å². The molecule has 2 N–H and O–H groups in total. The molecule has 1 amide bonds. The Morgan fingerprint density at radius 2 is 2.50 bits per heavy atom. The standard InChI is InChI=1S/CH2FNO3/c2-6-3-1(4)5/h3H,(H,4,5). The van der Waals surface area contributed by atoms with Gasteiger partial charge in [-0.15, -0.1) is 0 Å². The Morgan fingerprint density at radius 1 is 2.00 bits per heavy atom. The van der Waals surface area contributed by atoms with Gasteiger partial charge in [0.1, 0.15) is 0 Å². The van der Waals surface area contributed by atoms with Gasteiger partial charge in [-0.2, -0.15) is 5.48 Å². The van der Waals surface area contributed by atoms with Crippen LogP contribution >= 0.6 is 0 Å². The Bertz CT molecular complexity index is 54.8. The maximum atomic E-state index is 10.3. The zero-order valence-corrected chi connectivity index (χ0v) is 2.64. The Morgan fingerprint density at radius 3 is 2.50 bits per heavy atom. The zero-order chi connectivity index (χ0) is 4.99. The van der Waals surface area contributed by atoms with Crippen LogP contribution in [-0.4, -0.2) is 11.2 Å². The molecule has 0 aliphatic heterocycles. The van der Waals surface area contributed by atoms with E-state index >= 15 is 0 Å². The molecule has 36 valence electrons. The van der Waals surface area contributed by atoms with Crippen LogP contribution in [-0.2, 0) is 5.04 Å². The molecule has 0 aromatic heterocycles. The molecule has 0 heterocycles. The fourth-order valence-corrected chi connectivity index (χ4v) is 0.0330. The van der Waals surface area contributed by atoms with Crippen molar-refractivity contribution in [1.82, 2.24) is 5.48 Å². The maximum Gasteiger partial charge on any atom is 0.431 e. The van der Waals surface area contributed by atoms with E-state index in [0.717, 1.165) is 5.48 Å². The fourth-order valence-electron chi connectivity index (χ4n) is 0.0330. The smallest absolute Gasteiger partial charge is 0.431 e. The van der Waals surface area contributed by atoms with E-state index in [1.165, 1.54) is 0 Å². The summed E-state index contributed by atoms with van der Waals surface area (Å²) >= 11 is 0. The van der Waals surface area contributed by atoms with E-state index in [1.54, 1.807) is 0 Å². The molecule has 5 heteroatoms. The Kier molecular flexibility index (Phi) is 2.06. The van der Waals surface area contributed by atoms with Crippen LogP contribution in [0.2, 0.25) is 0 Å². The third-order valence-electron chi connectivity index (χ3n) is 0.126. The van der Waals surface area contributed by atoms with Crippen LogP contribution in [0.3, 0.4) is 0 Å². The van der Waals surface area contributed by atoms with Crippen LogP contribution in [0.4, 0.5) is 9.32 Å². The first-order valence-corrected chi connectivity index (χ1v) is 1.04. The highest BCUT2D eigenvalue weighted by Crippen LogP contribution is 1.61. The number of carboxylic acid groups (broad SMARTS) is 1. The average molecular weight is 95.0 g/mol. The zero-order valence-electron chi connectivity index (χ0n) is 2.64. The molecular weight excluding hydrogens is 93.0 g/mol. The molecule has 0 aliphatic rings. The molecule has 0 atom stereocenters. The third kappa shape index (κ3) is 3.16. The van der Waals surface area contributed by atoms with Gasteiger partial charge in [0, 0.05) is 0 Å². The molecule has 0 radical (unpaired) electrons. The lowest BCUT2D eigenvalue weighted by molar-refractivity contribution is -0.179. The van der Waals surface area contributed by atoms with E-state index in [4.69, 9.17) is 9.90 Å². The average Bonchev–Trinajstić information content (AvgIpc) is 1.35. The van der Waals surface area contributed by atoms with Crippen molar-refractivity contribution < 1.29 is 19.5 Å². The molecule has 0 aromatic carbocycles. The second-order valence-electron chi connectivity index (χ2n) is 0.484. The number of hydrogen-bond donors (Lipinski definition) is 2. The Balaban J connectivity index is 2.83. The quantitative estimate of drug-likeness (QED) is 0.453. The first-order valence-electron chi connectivity index (χ1n) is 1.04. The van der Waals surface area contributed by atoms with E-state index in [1.807, 2.05) is 0 Å². The minimum absolute atomic E-state index is 0.958. The molecule has 0 rings (SSSR count). The molecular formula is CH2FNO3. The summed E-state index contributed by atoms with van der Waals surface area (Å²) in [5.74, 6) is 0. The topological polar surface area (TPSA) is 58.6 Å². The number of halogens is 1. The predicted octanol–water partition coefficient (Wildman–Crippen LogP) is 0.0701. The summed E-state index contributed by atoms with van der Waals surface area (Å²) in [4.78, 5) is 9.12. The molecule has 0 unspecified atom stereocenters. The van der Waals surface area contributed by atoms with Crippen LogP contribution < -0.4 is 5.48 Å². The van der Waals surface area contributed by atoms with Crippen LogP contribution in [0.1, 0.15) is 0 Å². The van der Waals surface area contributed by atoms with Crippen LogP contribution in [0.25, 0.3) is 0 Å². The highest BCUT2D eigenvalue weighted by atomic mass is 19.3. The van der Waals surface area contributed by atoms with Crippen LogP contribution in [0.5, 0.6) is 0 Å². The fraction of sp³-hybridized carbons (Fsp3) is 0. The van der Waals surface area contributed by atoms with Crippen LogP contribution in [0, 0.1) is 0 Å². The normalized spacial score (nSPS) is 7.50. The van der Waals surface area contributed by atoms with Gasteiger partial charge in [-0.25, -0.2) is 4.79 Å². The minimum Gasteiger partial charge on any atom is -0.463 e. The van der Waals surface area contributed by atoms with E-state index in [0.29, 0.717) is 0 Å². The highest BCUT2D eigenvalue weighted by molar-refractivity contribution is 5.62. The van der Waals surface area contributed by atoms with Gasteiger partial charge in [0.25, 0.3) is 0 Å². The van der Waals surface area contributed by atoms with Crippen molar-refractivity contribution in [1.29, 1.82) is 0 Å². The molecule has 0 saturated heterocycles. The summed E-state index contributed by atoms with van der Waals surface area (Å²) in [6.45, 7) is 0. The molecule has 0 bridgehead atoms. The van der Waals surface area contributed by atoms with Crippen molar-refractivity contribution >= 4 is 6.09 Å².